The summed E-state index contributed by atoms with van der Waals surface area (Å²) < 4.78 is 5.64. The highest BCUT2D eigenvalue weighted by Gasteiger charge is 2.31. The number of carbonyl (C=O) groups excluding carboxylic acids is 1. The molecule has 2 rings (SSSR count). The highest BCUT2D eigenvalue weighted by molar-refractivity contribution is 6.00. The summed E-state index contributed by atoms with van der Waals surface area (Å²) in [5.41, 5.74) is 7.31. The molecule has 0 radical (unpaired) electrons. The van der Waals surface area contributed by atoms with E-state index in [1.54, 1.807) is 11.8 Å². The van der Waals surface area contributed by atoms with Crippen LogP contribution in [0.5, 0.6) is 5.75 Å². The molecule has 1 heterocycles. The number of carbonyl (C=O) groups is 1. The number of hydrogen-bond acceptors (Lipinski definition) is 4. The lowest BCUT2D eigenvalue weighted by molar-refractivity contribution is -0.125. The molecular formula is C14H21N3O2. The minimum absolute atomic E-state index is 0.0118. The van der Waals surface area contributed by atoms with Crippen LogP contribution in [0.25, 0.3) is 0 Å². The van der Waals surface area contributed by atoms with Crippen molar-refractivity contribution < 1.29 is 9.53 Å². The van der Waals surface area contributed by atoms with Crippen molar-refractivity contribution in [3.8, 4) is 5.75 Å². The van der Waals surface area contributed by atoms with E-state index in [0.717, 1.165) is 30.0 Å². The van der Waals surface area contributed by atoms with E-state index in [4.69, 9.17) is 10.5 Å². The fraction of sp³-hybridized carbons (Fsp3) is 0.500. The Morgan fingerprint density at radius 3 is 2.89 bits per heavy atom. The van der Waals surface area contributed by atoms with Crippen LogP contribution < -0.4 is 20.7 Å². The molecular weight excluding hydrogens is 242 g/mol. The second-order valence-corrected chi connectivity index (χ2v) is 4.68. The van der Waals surface area contributed by atoms with E-state index in [2.05, 4.69) is 5.32 Å². The largest absolute Gasteiger partial charge is 0.479 e. The van der Waals surface area contributed by atoms with E-state index < -0.39 is 6.10 Å². The maximum Gasteiger partial charge on any atom is 0.267 e. The van der Waals surface area contributed by atoms with Crippen LogP contribution in [0.2, 0.25) is 0 Å². The summed E-state index contributed by atoms with van der Waals surface area (Å²) in [4.78, 5) is 14.0. The molecule has 0 spiro atoms. The Bertz CT molecular complexity index is 462. The van der Waals surface area contributed by atoms with E-state index >= 15 is 0 Å². The summed E-state index contributed by atoms with van der Waals surface area (Å²) in [6.45, 7) is 3.12. The zero-order valence-electron chi connectivity index (χ0n) is 11.5. The van der Waals surface area contributed by atoms with E-state index in [9.17, 15) is 4.79 Å². The number of ether oxygens (including phenoxy) is 1. The Kier molecular flexibility index (Phi) is 4.27. The Balaban J connectivity index is 2.27. The second-order valence-electron chi connectivity index (χ2n) is 4.68. The van der Waals surface area contributed by atoms with Gasteiger partial charge >= 0.3 is 0 Å². The number of unbranched alkanes of at least 4 members (excludes halogenated alkanes) is 1. The standard InChI is InChI=1S/C14H21N3O2/c1-10-14(18)17(8-4-3-7-15)12-9-11(16-2)5-6-13(12)19-10/h5-6,9-10,16H,3-4,7-8,15H2,1-2H3. The van der Waals surface area contributed by atoms with Crippen LogP contribution in [0, 0.1) is 0 Å². The van der Waals surface area contributed by atoms with Crippen molar-refractivity contribution in [2.24, 2.45) is 5.73 Å². The lowest BCUT2D eigenvalue weighted by atomic mass is 10.1. The van der Waals surface area contributed by atoms with Gasteiger partial charge in [-0.05, 0) is 44.5 Å². The molecule has 1 atom stereocenters. The molecule has 1 aliphatic heterocycles. The van der Waals surface area contributed by atoms with Crippen LogP contribution in [-0.2, 0) is 4.79 Å². The molecule has 19 heavy (non-hydrogen) atoms. The van der Waals surface area contributed by atoms with Crippen molar-refractivity contribution in [3.63, 3.8) is 0 Å². The third-order valence-electron chi connectivity index (χ3n) is 3.29. The molecule has 5 heteroatoms. The molecule has 1 aliphatic rings. The molecule has 5 nitrogen and oxygen atoms in total. The van der Waals surface area contributed by atoms with Gasteiger partial charge in [-0.2, -0.15) is 0 Å². The molecule has 0 saturated heterocycles. The van der Waals surface area contributed by atoms with Gasteiger partial charge in [-0.3, -0.25) is 4.79 Å². The quantitative estimate of drug-likeness (QED) is 0.791. The lowest BCUT2D eigenvalue weighted by Crippen LogP contribution is -2.45. The molecule has 0 fully saturated rings. The van der Waals surface area contributed by atoms with Gasteiger partial charge in [0.2, 0.25) is 0 Å². The van der Waals surface area contributed by atoms with Gasteiger partial charge in [-0.1, -0.05) is 0 Å². The van der Waals surface area contributed by atoms with Crippen molar-refractivity contribution >= 4 is 17.3 Å². The molecule has 0 aromatic heterocycles. The predicted octanol–water partition coefficient (Wildman–Crippen LogP) is 1.58. The maximum absolute atomic E-state index is 12.2. The zero-order valence-corrected chi connectivity index (χ0v) is 11.5. The van der Waals surface area contributed by atoms with Crippen molar-refractivity contribution in [1.82, 2.24) is 0 Å². The summed E-state index contributed by atoms with van der Waals surface area (Å²) in [6, 6.07) is 5.79. The SMILES string of the molecule is CNc1ccc2c(c1)N(CCCCN)C(=O)C(C)O2. The minimum atomic E-state index is -0.425. The third-order valence-corrected chi connectivity index (χ3v) is 3.29. The highest BCUT2D eigenvalue weighted by atomic mass is 16.5. The molecule has 1 amide bonds. The normalized spacial score (nSPS) is 17.9. The van der Waals surface area contributed by atoms with E-state index in [0.29, 0.717) is 13.1 Å². The van der Waals surface area contributed by atoms with Gasteiger partial charge in [-0.25, -0.2) is 0 Å². The first-order chi connectivity index (χ1) is 9.17. The summed E-state index contributed by atoms with van der Waals surface area (Å²) in [6.07, 6.45) is 1.39. The van der Waals surface area contributed by atoms with Crippen LogP contribution in [0.4, 0.5) is 11.4 Å². The van der Waals surface area contributed by atoms with Gasteiger partial charge in [0.25, 0.3) is 5.91 Å². The Morgan fingerprint density at radius 2 is 2.21 bits per heavy atom. The maximum atomic E-state index is 12.2. The van der Waals surface area contributed by atoms with Gasteiger partial charge in [-0.15, -0.1) is 0 Å². The molecule has 0 bridgehead atoms. The monoisotopic (exact) mass is 263 g/mol. The number of nitrogens with zero attached hydrogens (tertiary/aromatic N) is 1. The van der Waals surface area contributed by atoms with Crippen LogP contribution >= 0.6 is 0 Å². The van der Waals surface area contributed by atoms with E-state index in [-0.39, 0.29) is 5.91 Å². The average molecular weight is 263 g/mol. The molecule has 1 aromatic carbocycles. The number of hydrogen-bond donors (Lipinski definition) is 2. The third kappa shape index (κ3) is 2.81. The van der Waals surface area contributed by atoms with Gasteiger partial charge in [0.05, 0.1) is 5.69 Å². The van der Waals surface area contributed by atoms with Crippen molar-refractivity contribution in [2.45, 2.75) is 25.9 Å². The first-order valence-corrected chi connectivity index (χ1v) is 6.67. The fourth-order valence-corrected chi connectivity index (χ4v) is 2.21. The smallest absolute Gasteiger partial charge is 0.267 e. The molecule has 3 N–H and O–H groups in total. The number of fused-ring (bicyclic) bond motifs is 1. The number of amides is 1. The van der Waals surface area contributed by atoms with E-state index in [1.807, 2.05) is 25.2 Å². The van der Waals surface area contributed by atoms with E-state index in [1.165, 1.54) is 0 Å². The van der Waals surface area contributed by atoms with Crippen LogP contribution in [0.3, 0.4) is 0 Å². The number of anilines is 2. The first kappa shape index (κ1) is 13.7. The van der Waals surface area contributed by atoms with Crippen molar-refractivity contribution in [3.05, 3.63) is 18.2 Å². The number of nitrogens with two attached hydrogens (primary N) is 1. The van der Waals surface area contributed by atoms with Crippen molar-refractivity contribution in [2.75, 3.05) is 30.4 Å². The lowest BCUT2D eigenvalue weighted by Gasteiger charge is -2.33. The minimum Gasteiger partial charge on any atom is -0.479 e. The first-order valence-electron chi connectivity index (χ1n) is 6.67. The van der Waals surface area contributed by atoms with Gasteiger partial charge in [0.15, 0.2) is 6.10 Å². The topological polar surface area (TPSA) is 67.6 Å². The molecule has 0 aliphatic carbocycles. The zero-order chi connectivity index (χ0) is 13.8. The van der Waals surface area contributed by atoms with Crippen LogP contribution in [0.15, 0.2) is 18.2 Å². The molecule has 1 unspecified atom stereocenters. The molecule has 1 aromatic rings. The summed E-state index contributed by atoms with van der Waals surface area (Å²) >= 11 is 0. The number of benzene rings is 1. The number of rotatable bonds is 5. The van der Waals surface area contributed by atoms with Crippen LogP contribution in [-0.4, -0.2) is 32.1 Å². The highest BCUT2D eigenvalue weighted by Crippen LogP contribution is 2.36. The van der Waals surface area contributed by atoms with Gasteiger partial charge < -0.3 is 20.7 Å². The molecule has 0 saturated carbocycles. The Morgan fingerprint density at radius 1 is 1.42 bits per heavy atom. The fourth-order valence-electron chi connectivity index (χ4n) is 2.21. The van der Waals surface area contributed by atoms with Crippen molar-refractivity contribution in [1.29, 1.82) is 0 Å². The molecule has 104 valence electrons. The summed E-state index contributed by atoms with van der Waals surface area (Å²) in [7, 11) is 1.86. The second kappa shape index (κ2) is 5.93. The van der Waals surface area contributed by atoms with Gasteiger partial charge in [0, 0.05) is 19.3 Å². The van der Waals surface area contributed by atoms with Gasteiger partial charge in [0.1, 0.15) is 5.75 Å². The van der Waals surface area contributed by atoms with Crippen LogP contribution in [0.1, 0.15) is 19.8 Å². The average Bonchev–Trinajstić information content (AvgIpc) is 2.43. The Hall–Kier alpha value is -1.75. The predicted molar refractivity (Wildman–Crippen MR) is 76.7 cm³/mol. The summed E-state index contributed by atoms with van der Waals surface area (Å²) in [5, 5.41) is 3.08. The summed E-state index contributed by atoms with van der Waals surface area (Å²) in [5.74, 6) is 0.775. The Labute approximate surface area is 113 Å². The number of nitrogens with one attached hydrogen (secondary N) is 1.